The summed E-state index contributed by atoms with van der Waals surface area (Å²) in [5.41, 5.74) is 45.0. The Morgan fingerprint density at radius 1 is 0.0882 bits per heavy atom. The molecule has 0 N–H and O–H groups in total. The zero-order valence-electron chi connectivity index (χ0n) is 78.3. The van der Waals surface area contributed by atoms with Crippen molar-refractivity contribution < 1.29 is 0 Å². The van der Waals surface area contributed by atoms with Crippen molar-refractivity contribution in [1.82, 2.24) is 0 Å². The molecule has 20 rings (SSSR count). The Hall–Kier alpha value is -17.0. The predicted octanol–water partition coefficient (Wildman–Crippen LogP) is 37.1. The van der Waals surface area contributed by atoms with Crippen LogP contribution in [0.4, 0.5) is 119 Å². The van der Waals surface area contributed by atoms with Crippen LogP contribution in [0.3, 0.4) is 0 Å². The van der Waals surface area contributed by atoms with Gasteiger partial charge in [-0.2, -0.15) is 0 Å². The van der Waals surface area contributed by atoms with Crippen molar-refractivity contribution in [3.63, 3.8) is 0 Å². The Morgan fingerprint density at radius 3 is 0.294 bits per heavy atom. The quantitative estimate of drug-likeness (QED) is 0.0532. The number of benzene rings is 20. The number of nitrogens with zero attached hydrogens (tertiary/aromatic N) is 7. The smallest absolute Gasteiger partial charge is 0.0464 e. The van der Waals surface area contributed by atoms with E-state index in [-0.39, 0.29) is 0 Å². The van der Waals surface area contributed by atoms with E-state index in [4.69, 9.17) is 0 Å². The van der Waals surface area contributed by atoms with Crippen molar-refractivity contribution in [1.29, 1.82) is 0 Å². The maximum absolute atomic E-state index is 2.38. The topological polar surface area (TPSA) is 22.7 Å². The first-order valence-corrected chi connectivity index (χ1v) is 46.9. The zero-order chi connectivity index (χ0) is 92.7. The Morgan fingerprint density at radius 2 is 0.184 bits per heavy atom. The van der Waals surface area contributed by atoms with E-state index in [2.05, 4.69) is 582 Å². The van der Waals surface area contributed by atoms with Crippen molar-refractivity contribution >= 4 is 119 Å². The van der Waals surface area contributed by atoms with E-state index < -0.39 is 0 Å². The van der Waals surface area contributed by atoms with Gasteiger partial charge in [-0.05, 0) is 389 Å². The van der Waals surface area contributed by atoms with E-state index in [9.17, 15) is 0 Å². The van der Waals surface area contributed by atoms with E-state index in [0.29, 0.717) is 0 Å². The number of hydrogen-bond donors (Lipinski definition) is 0. The zero-order valence-corrected chi connectivity index (χ0v) is 78.3. The molecule has 136 heavy (non-hydrogen) atoms. The predicted molar refractivity (Wildman–Crippen MR) is 579 cm³/mol. The number of hydrogen-bond acceptors (Lipinski definition) is 7. The summed E-state index contributed by atoms with van der Waals surface area (Å²) in [6.45, 7) is 19.3. The van der Waals surface area contributed by atoms with Gasteiger partial charge in [-0.25, -0.2) is 0 Å². The summed E-state index contributed by atoms with van der Waals surface area (Å²) in [5.74, 6) is 0. The van der Waals surface area contributed by atoms with Gasteiger partial charge in [-0.3, -0.25) is 0 Å². The molecule has 0 saturated heterocycles. The van der Waals surface area contributed by atoms with Crippen molar-refractivity contribution in [2.45, 2.75) is 62.3 Å². The third-order valence-corrected chi connectivity index (χ3v) is 25.8. The molecule has 0 spiro atoms. The fourth-order valence-electron chi connectivity index (χ4n) is 18.4. The molecule has 0 bridgehead atoms. The molecule has 0 aliphatic rings. The van der Waals surface area contributed by atoms with Gasteiger partial charge in [-0.1, -0.05) is 264 Å². The van der Waals surface area contributed by atoms with Crippen LogP contribution in [0.15, 0.2) is 485 Å². The van der Waals surface area contributed by atoms with E-state index in [1.807, 2.05) is 0 Å². The average Bonchev–Trinajstić information content (AvgIpc) is 0.782. The SMILES string of the molecule is Cc1ccc(N(c2ccc(C)cc2)c2ccc(-c3ccc(N(c4ccc(-c5ccc(N(c6ccc(-c7ccc(N(c8ccc(-c9ccc(N(c%10ccc(C)cc%10)c%10ccc(C)cc%10)cc9)cc8)c8cccc(C)c8)cc7)cc6)c6ccc(N(c7ccc(-c8ccc(N(c9ccc(C)cc9)c9ccc(C)cc9)cc8)cc7)c7cccc(C)c7)cc6)cc5)cc4)c4cccc(C)c4)cc3)cc2)cc1. The van der Waals surface area contributed by atoms with E-state index >= 15 is 0 Å². The monoisotopic (exact) mass is 1750 g/mol. The molecular weight excluding hydrogens is 1650 g/mol. The lowest BCUT2D eigenvalue weighted by Crippen LogP contribution is -2.12. The lowest BCUT2D eigenvalue weighted by molar-refractivity contribution is 1.25. The summed E-state index contributed by atoms with van der Waals surface area (Å²) in [4.78, 5) is 16.4. The highest BCUT2D eigenvalue weighted by molar-refractivity contribution is 5.90. The summed E-state index contributed by atoms with van der Waals surface area (Å²) in [6.07, 6.45) is 0. The second-order valence-corrected chi connectivity index (χ2v) is 35.9. The first kappa shape index (κ1) is 87.0. The minimum atomic E-state index is 1.02. The number of aryl methyl sites for hydroxylation is 9. The first-order chi connectivity index (χ1) is 66.5. The highest BCUT2D eigenvalue weighted by atomic mass is 15.2. The molecule has 658 valence electrons. The molecule has 7 heteroatoms. The maximum Gasteiger partial charge on any atom is 0.0464 e. The minimum absolute atomic E-state index is 1.02. The van der Waals surface area contributed by atoms with Crippen molar-refractivity contribution in [2.75, 3.05) is 34.3 Å². The van der Waals surface area contributed by atoms with Crippen molar-refractivity contribution in [3.8, 4) is 55.6 Å². The van der Waals surface area contributed by atoms with Crippen LogP contribution in [-0.2, 0) is 0 Å². The normalized spacial score (nSPS) is 11.1. The molecule has 0 saturated carbocycles. The van der Waals surface area contributed by atoms with Crippen molar-refractivity contribution in [3.05, 3.63) is 535 Å². The molecule has 0 aliphatic carbocycles. The van der Waals surface area contributed by atoms with Crippen LogP contribution >= 0.6 is 0 Å². The van der Waals surface area contributed by atoms with Gasteiger partial charge in [0.05, 0.1) is 0 Å². The lowest BCUT2D eigenvalue weighted by Gasteiger charge is -2.29. The number of anilines is 21. The van der Waals surface area contributed by atoms with Gasteiger partial charge in [0, 0.05) is 119 Å². The van der Waals surface area contributed by atoms with E-state index in [0.717, 1.165) is 175 Å². The molecule has 0 heterocycles. The van der Waals surface area contributed by atoms with Gasteiger partial charge in [0.2, 0.25) is 0 Å². The lowest BCUT2D eigenvalue weighted by atomic mass is 10.0. The van der Waals surface area contributed by atoms with Crippen LogP contribution in [0.1, 0.15) is 50.1 Å². The molecule has 20 aromatic carbocycles. The highest BCUT2D eigenvalue weighted by Gasteiger charge is 2.24. The molecule has 20 aromatic rings. The van der Waals surface area contributed by atoms with Crippen LogP contribution in [0, 0.1) is 62.3 Å². The van der Waals surface area contributed by atoms with Crippen molar-refractivity contribution in [2.24, 2.45) is 0 Å². The summed E-state index contributed by atoms with van der Waals surface area (Å²) < 4.78 is 0. The van der Waals surface area contributed by atoms with Gasteiger partial charge in [0.1, 0.15) is 0 Å². The maximum atomic E-state index is 2.38. The van der Waals surface area contributed by atoms with Crippen LogP contribution < -0.4 is 34.3 Å². The van der Waals surface area contributed by atoms with Crippen LogP contribution in [-0.4, -0.2) is 0 Å². The van der Waals surface area contributed by atoms with Gasteiger partial charge < -0.3 is 34.3 Å². The largest absolute Gasteiger partial charge is 0.311 e. The molecule has 0 aromatic heterocycles. The fraction of sp³-hybridized carbons (Fsp3) is 0.0698. The van der Waals surface area contributed by atoms with Crippen LogP contribution in [0.5, 0.6) is 0 Å². The van der Waals surface area contributed by atoms with Crippen LogP contribution in [0.25, 0.3) is 55.6 Å². The Labute approximate surface area is 801 Å². The summed E-state index contributed by atoms with van der Waals surface area (Å²) >= 11 is 0. The highest BCUT2D eigenvalue weighted by Crippen LogP contribution is 2.47. The fourth-order valence-corrected chi connectivity index (χ4v) is 18.4. The van der Waals surface area contributed by atoms with Crippen LogP contribution in [0.2, 0.25) is 0 Å². The summed E-state index contributed by atoms with van der Waals surface area (Å²) in [7, 11) is 0. The summed E-state index contributed by atoms with van der Waals surface area (Å²) in [5, 5.41) is 0. The van der Waals surface area contributed by atoms with Gasteiger partial charge >= 0.3 is 0 Å². The van der Waals surface area contributed by atoms with Gasteiger partial charge in [-0.15, -0.1) is 0 Å². The molecule has 0 aliphatic heterocycles. The number of rotatable bonds is 26. The Balaban J connectivity index is 0.597. The standard InChI is InChI=1S/C129H107N7/c1-90-19-51-109(52-20-90)130(110-53-21-91(2)22-54-110)115-63-31-99(32-64-115)104-41-73-120(74-42-104)134(127-16-10-13-96(7)87-127)122-77-45-106(46-78-122)102-37-69-118(70-38-102)133(125-83-85-126(86-84-125)136(129-18-12-15-98(9)89-129)124-81-49-108(50-82-124)101-35-67-117(68-36-101)132(113-59-27-94(5)28-60-113)114-61-29-95(6)30-62-114)119-71-39-103(40-72-119)107-47-79-123(80-48-107)135(128-17-11-14-97(8)88-128)121-75-43-105(44-76-121)100-33-65-116(66-34-100)131(111-55-23-92(3)24-56-111)112-57-25-93(4)26-58-112/h10-89H,1-9H3. The summed E-state index contributed by atoms with van der Waals surface area (Å²) in [6, 6.07) is 178. The second kappa shape index (κ2) is 38.8. The molecule has 0 fully saturated rings. The van der Waals surface area contributed by atoms with Gasteiger partial charge in [0.25, 0.3) is 0 Å². The van der Waals surface area contributed by atoms with E-state index in [1.165, 1.54) is 50.1 Å². The second-order valence-electron chi connectivity index (χ2n) is 35.9. The average molecular weight is 1760 g/mol. The third kappa shape index (κ3) is 19.1. The molecule has 0 atom stereocenters. The van der Waals surface area contributed by atoms with E-state index in [1.54, 1.807) is 0 Å². The molecular formula is C129H107N7. The molecule has 7 nitrogen and oxygen atoms in total. The molecule has 0 amide bonds. The van der Waals surface area contributed by atoms with Gasteiger partial charge in [0.15, 0.2) is 0 Å². The Kier molecular flexibility index (Phi) is 24.8. The molecule has 0 unspecified atom stereocenters. The minimum Gasteiger partial charge on any atom is -0.311 e. The third-order valence-electron chi connectivity index (χ3n) is 25.8. The molecule has 0 radical (unpaired) electrons. The first-order valence-electron chi connectivity index (χ1n) is 46.9. The Bertz CT molecular complexity index is 7020.